The Morgan fingerprint density at radius 2 is 1.71 bits per heavy atom. The lowest BCUT2D eigenvalue weighted by molar-refractivity contribution is 0.394. The van der Waals surface area contributed by atoms with Crippen LogP contribution in [0.5, 0.6) is 11.5 Å². The first kappa shape index (κ1) is 22.1. The number of nitrogens with zero attached hydrogens (tertiary/aromatic N) is 2. The van der Waals surface area contributed by atoms with E-state index in [1.165, 1.54) is 0 Å². The number of halogens is 1. The van der Waals surface area contributed by atoms with Crippen LogP contribution in [-0.4, -0.2) is 46.0 Å². The smallest absolute Gasteiger partial charge is 0.185 e. The second-order valence-corrected chi connectivity index (χ2v) is 11.2. The van der Waals surface area contributed by atoms with Crippen LogP contribution in [0.25, 0.3) is 11.3 Å². The zero-order valence-electron chi connectivity index (χ0n) is 17.2. The predicted octanol–water partition coefficient (Wildman–Crippen LogP) is 5.03. The maximum atomic E-state index is 13.1. The molecule has 1 aromatic heterocycles. The molecule has 3 aromatic rings. The van der Waals surface area contributed by atoms with Crippen molar-refractivity contribution in [2.45, 2.75) is 23.0 Å². The van der Waals surface area contributed by atoms with Crippen LogP contribution in [0.4, 0.5) is 5.13 Å². The molecule has 1 saturated heterocycles. The van der Waals surface area contributed by atoms with E-state index in [1.807, 2.05) is 29.6 Å². The normalized spacial score (nSPS) is 15.1. The number of anilines is 1. The molecule has 0 saturated carbocycles. The molecule has 0 bridgehead atoms. The highest BCUT2D eigenvalue weighted by Crippen LogP contribution is 2.35. The minimum absolute atomic E-state index is 0.372. The quantitative estimate of drug-likeness (QED) is 0.452. The Bertz CT molecular complexity index is 1150. The molecule has 2 aromatic carbocycles. The number of ether oxygens (including phenoxy) is 2. The summed E-state index contributed by atoms with van der Waals surface area (Å²) in [5.41, 5.74) is 1.77. The number of rotatable bonds is 6. The van der Waals surface area contributed by atoms with E-state index in [2.05, 4.69) is 20.8 Å². The lowest BCUT2D eigenvalue weighted by atomic mass is 10.1. The van der Waals surface area contributed by atoms with Gasteiger partial charge in [0.15, 0.2) is 15.0 Å². The molecule has 0 N–H and O–H groups in total. The van der Waals surface area contributed by atoms with E-state index in [9.17, 15) is 8.42 Å². The third kappa shape index (κ3) is 4.58. The molecule has 0 atom stereocenters. The first-order chi connectivity index (χ1) is 14.9. The maximum absolute atomic E-state index is 13.1. The minimum atomic E-state index is -3.37. The number of hydrogen-bond acceptors (Lipinski definition) is 7. The van der Waals surface area contributed by atoms with Crippen molar-refractivity contribution in [1.82, 2.24) is 4.98 Å². The molecule has 0 spiro atoms. The van der Waals surface area contributed by atoms with Gasteiger partial charge in [0.25, 0.3) is 0 Å². The van der Waals surface area contributed by atoms with Gasteiger partial charge in [0.05, 0.1) is 30.1 Å². The first-order valence-electron chi connectivity index (χ1n) is 9.84. The maximum Gasteiger partial charge on any atom is 0.185 e. The summed E-state index contributed by atoms with van der Waals surface area (Å²) in [6, 6.07) is 12.7. The van der Waals surface area contributed by atoms with E-state index in [-0.39, 0.29) is 5.25 Å². The SMILES string of the molecule is COc1cc(OC)cc(-c2csc(N3CCC(S(=O)(=O)c4ccccc4Br)CC3)n2)c1. The highest BCUT2D eigenvalue weighted by molar-refractivity contribution is 9.10. The van der Waals surface area contributed by atoms with Crippen molar-refractivity contribution >= 4 is 42.2 Å². The Labute approximate surface area is 194 Å². The summed E-state index contributed by atoms with van der Waals surface area (Å²) in [6.45, 7) is 1.31. The van der Waals surface area contributed by atoms with Gasteiger partial charge in [-0.25, -0.2) is 13.4 Å². The Hall–Kier alpha value is -2.10. The summed E-state index contributed by atoms with van der Waals surface area (Å²) in [6.07, 6.45) is 1.15. The molecule has 1 aliphatic heterocycles. The minimum Gasteiger partial charge on any atom is -0.497 e. The van der Waals surface area contributed by atoms with Crippen LogP contribution < -0.4 is 14.4 Å². The summed E-state index contributed by atoms with van der Waals surface area (Å²) < 4.78 is 37.5. The van der Waals surface area contributed by atoms with Gasteiger partial charge in [-0.05, 0) is 53.0 Å². The van der Waals surface area contributed by atoms with Gasteiger partial charge in [0.2, 0.25) is 0 Å². The predicted molar refractivity (Wildman–Crippen MR) is 127 cm³/mol. The van der Waals surface area contributed by atoms with Gasteiger partial charge >= 0.3 is 0 Å². The van der Waals surface area contributed by atoms with Gasteiger partial charge in [-0.3, -0.25) is 0 Å². The van der Waals surface area contributed by atoms with Crippen molar-refractivity contribution in [2.75, 3.05) is 32.2 Å². The molecule has 31 heavy (non-hydrogen) atoms. The third-order valence-corrected chi connectivity index (χ3v) is 9.61. The van der Waals surface area contributed by atoms with Crippen molar-refractivity contribution in [3.8, 4) is 22.8 Å². The van der Waals surface area contributed by atoms with Crippen LogP contribution in [0.3, 0.4) is 0 Å². The number of sulfone groups is 1. The third-order valence-electron chi connectivity index (χ3n) is 5.43. The summed E-state index contributed by atoms with van der Waals surface area (Å²) in [4.78, 5) is 7.33. The molecule has 1 aliphatic rings. The number of aromatic nitrogens is 1. The standard InChI is InChI=1S/C22H23BrN2O4S2/c1-28-16-11-15(12-17(13-16)29-2)20-14-30-22(24-20)25-9-7-18(8-10-25)31(26,27)21-6-4-3-5-19(21)23/h3-6,11-14,18H,7-10H2,1-2H3. The highest BCUT2D eigenvalue weighted by Gasteiger charge is 2.33. The molecule has 2 heterocycles. The average Bonchev–Trinajstić information content (AvgIpc) is 3.29. The molecule has 6 nitrogen and oxygen atoms in total. The van der Waals surface area contributed by atoms with E-state index in [4.69, 9.17) is 14.5 Å². The summed E-state index contributed by atoms with van der Waals surface area (Å²) in [5, 5.41) is 2.52. The molecule has 1 fully saturated rings. The number of thiazole rings is 1. The fourth-order valence-electron chi connectivity index (χ4n) is 3.71. The van der Waals surface area contributed by atoms with Gasteiger partial charge in [-0.1, -0.05) is 12.1 Å². The molecule has 9 heteroatoms. The molecular weight excluding hydrogens is 500 g/mol. The molecule has 4 rings (SSSR count). The molecule has 0 unspecified atom stereocenters. The second kappa shape index (κ2) is 9.18. The molecular formula is C22H23BrN2O4S2. The van der Waals surface area contributed by atoms with Crippen LogP contribution in [0.15, 0.2) is 57.2 Å². The van der Waals surface area contributed by atoms with Crippen molar-refractivity contribution in [2.24, 2.45) is 0 Å². The van der Waals surface area contributed by atoms with E-state index in [1.54, 1.807) is 43.8 Å². The van der Waals surface area contributed by atoms with Gasteiger partial charge in [0.1, 0.15) is 11.5 Å². The Kier molecular flexibility index (Phi) is 6.55. The van der Waals surface area contributed by atoms with E-state index in [0.29, 0.717) is 46.8 Å². The van der Waals surface area contributed by atoms with Crippen LogP contribution in [0.2, 0.25) is 0 Å². The lowest BCUT2D eigenvalue weighted by Crippen LogP contribution is -2.39. The van der Waals surface area contributed by atoms with E-state index in [0.717, 1.165) is 16.4 Å². The zero-order valence-corrected chi connectivity index (χ0v) is 20.5. The lowest BCUT2D eigenvalue weighted by Gasteiger charge is -2.31. The average molecular weight is 523 g/mol. The molecule has 164 valence electrons. The Balaban J connectivity index is 1.48. The number of benzene rings is 2. The fraction of sp³-hybridized carbons (Fsp3) is 0.318. The van der Waals surface area contributed by atoms with Crippen molar-refractivity contribution < 1.29 is 17.9 Å². The highest BCUT2D eigenvalue weighted by atomic mass is 79.9. The fourth-order valence-corrected chi connectivity index (χ4v) is 7.36. The van der Waals surface area contributed by atoms with Gasteiger partial charge in [-0.15, -0.1) is 11.3 Å². The molecule has 0 amide bonds. The number of hydrogen-bond donors (Lipinski definition) is 0. The topological polar surface area (TPSA) is 68.7 Å². The number of piperidine rings is 1. The van der Waals surface area contributed by atoms with Crippen molar-refractivity contribution in [3.05, 3.63) is 52.3 Å². The first-order valence-corrected chi connectivity index (χ1v) is 13.1. The summed E-state index contributed by atoms with van der Waals surface area (Å²) >= 11 is 4.94. The second-order valence-electron chi connectivity index (χ2n) is 7.28. The van der Waals surface area contributed by atoms with E-state index < -0.39 is 9.84 Å². The summed E-state index contributed by atoms with van der Waals surface area (Å²) in [7, 11) is -0.125. The van der Waals surface area contributed by atoms with Crippen LogP contribution in [-0.2, 0) is 9.84 Å². The van der Waals surface area contributed by atoms with Gasteiger partial charge < -0.3 is 14.4 Å². The monoisotopic (exact) mass is 522 g/mol. The largest absolute Gasteiger partial charge is 0.497 e. The number of methoxy groups -OCH3 is 2. The molecule has 0 aliphatic carbocycles. The Morgan fingerprint density at radius 3 is 2.32 bits per heavy atom. The van der Waals surface area contributed by atoms with Crippen molar-refractivity contribution in [1.29, 1.82) is 0 Å². The zero-order chi connectivity index (χ0) is 22.0. The Morgan fingerprint density at radius 1 is 1.06 bits per heavy atom. The van der Waals surface area contributed by atoms with Gasteiger partial charge in [0, 0.05) is 34.6 Å². The van der Waals surface area contributed by atoms with Crippen molar-refractivity contribution in [3.63, 3.8) is 0 Å². The van der Waals surface area contributed by atoms with Crippen LogP contribution in [0, 0.1) is 0 Å². The van der Waals surface area contributed by atoms with Gasteiger partial charge in [-0.2, -0.15) is 0 Å². The van der Waals surface area contributed by atoms with Crippen LogP contribution in [0.1, 0.15) is 12.8 Å². The molecule has 0 radical (unpaired) electrons. The van der Waals surface area contributed by atoms with E-state index >= 15 is 0 Å². The van der Waals surface area contributed by atoms with Crippen LogP contribution >= 0.6 is 27.3 Å². The summed E-state index contributed by atoms with van der Waals surface area (Å²) in [5.74, 6) is 1.42.